The zero-order chi connectivity index (χ0) is 19.9. The average Bonchev–Trinajstić information content (AvgIpc) is 2.68. The second-order valence-electron chi connectivity index (χ2n) is 6.82. The summed E-state index contributed by atoms with van der Waals surface area (Å²) in [6.45, 7) is 0.398. The number of rotatable bonds is 3. The van der Waals surface area contributed by atoms with E-state index in [2.05, 4.69) is 10.3 Å². The van der Waals surface area contributed by atoms with Crippen LogP contribution in [0, 0.1) is 23.0 Å². The minimum absolute atomic E-state index is 0.0293. The fraction of sp³-hybridized carbons (Fsp3) is 0.316. The first kappa shape index (κ1) is 18.3. The van der Waals surface area contributed by atoms with E-state index in [0.717, 1.165) is 12.3 Å². The van der Waals surface area contributed by atoms with Gasteiger partial charge in [0.1, 0.15) is 28.7 Å². The van der Waals surface area contributed by atoms with Gasteiger partial charge >= 0.3 is 0 Å². The molecule has 2 N–H and O–H groups in total. The summed E-state index contributed by atoms with van der Waals surface area (Å²) in [5.74, 6) is -1.71. The predicted molar refractivity (Wildman–Crippen MR) is 94.9 cm³/mol. The summed E-state index contributed by atoms with van der Waals surface area (Å²) in [7, 11) is 1.50. The molecule has 2 unspecified atom stereocenters. The summed E-state index contributed by atoms with van der Waals surface area (Å²) in [6, 6.07) is 5.22. The molecule has 1 aromatic carbocycles. The van der Waals surface area contributed by atoms with Crippen LogP contribution in [0.2, 0.25) is 0 Å². The van der Waals surface area contributed by atoms with Gasteiger partial charge in [0.2, 0.25) is 5.91 Å². The fourth-order valence-electron chi connectivity index (χ4n) is 3.70. The maximum Gasteiger partial charge on any atom is 0.235 e. The van der Waals surface area contributed by atoms with Gasteiger partial charge in [-0.25, -0.2) is 8.78 Å². The van der Waals surface area contributed by atoms with Crippen molar-refractivity contribution in [1.29, 1.82) is 5.41 Å². The monoisotopic (exact) mass is 388 g/mol. The Hall–Kier alpha value is -3.07. The lowest BCUT2D eigenvalue weighted by Crippen LogP contribution is -2.68. The number of carbonyl (C=O) groups is 1. The third kappa shape index (κ3) is 2.97. The molecule has 1 aromatic heterocycles. The Morgan fingerprint density at radius 3 is 2.93 bits per heavy atom. The van der Waals surface area contributed by atoms with Crippen LogP contribution in [0.4, 0.5) is 8.78 Å². The maximum atomic E-state index is 14.9. The molecule has 146 valence electrons. The Balaban J connectivity index is 1.76. The smallest absolute Gasteiger partial charge is 0.235 e. The first-order chi connectivity index (χ1) is 13.4. The first-order valence-corrected chi connectivity index (χ1v) is 8.71. The molecule has 0 aliphatic carbocycles. The van der Waals surface area contributed by atoms with Crippen LogP contribution in [0.3, 0.4) is 0 Å². The van der Waals surface area contributed by atoms with Crippen LogP contribution >= 0.6 is 0 Å². The number of halogens is 2. The van der Waals surface area contributed by atoms with Crippen LogP contribution in [0.1, 0.15) is 12.0 Å². The normalized spacial score (nSPS) is 24.5. The highest BCUT2D eigenvalue weighted by molar-refractivity contribution is 6.00. The Bertz CT molecular complexity index is 955. The SMILES string of the molecule is CN1C(=N)NC2(c3cc(Oc4cncc(F)c4)ccc3F)COCCC2C1=O. The number of fused-ring (bicyclic) bond motifs is 1. The van der Waals surface area contributed by atoms with E-state index >= 15 is 0 Å². The van der Waals surface area contributed by atoms with E-state index in [1.54, 1.807) is 0 Å². The molecule has 3 heterocycles. The Labute approximate surface area is 159 Å². The van der Waals surface area contributed by atoms with Crippen molar-refractivity contribution in [3.63, 3.8) is 0 Å². The van der Waals surface area contributed by atoms with Crippen molar-refractivity contribution in [3.05, 3.63) is 53.9 Å². The minimum atomic E-state index is -1.22. The van der Waals surface area contributed by atoms with Gasteiger partial charge in [0, 0.05) is 25.3 Å². The average molecular weight is 388 g/mol. The number of benzene rings is 1. The molecule has 0 radical (unpaired) electrons. The lowest BCUT2D eigenvalue weighted by atomic mass is 9.73. The summed E-state index contributed by atoms with van der Waals surface area (Å²) in [4.78, 5) is 17.7. The van der Waals surface area contributed by atoms with Gasteiger partial charge in [0.15, 0.2) is 5.96 Å². The molecule has 28 heavy (non-hydrogen) atoms. The van der Waals surface area contributed by atoms with Gasteiger partial charge < -0.3 is 14.8 Å². The fourth-order valence-corrected chi connectivity index (χ4v) is 3.70. The van der Waals surface area contributed by atoms with Crippen molar-refractivity contribution in [1.82, 2.24) is 15.2 Å². The van der Waals surface area contributed by atoms with Crippen molar-refractivity contribution in [2.45, 2.75) is 12.0 Å². The number of carbonyl (C=O) groups excluding carboxylic acids is 1. The molecule has 7 nitrogen and oxygen atoms in total. The maximum absolute atomic E-state index is 14.9. The van der Waals surface area contributed by atoms with Gasteiger partial charge in [-0.2, -0.15) is 0 Å². The van der Waals surface area contributed by atoms with E-state index in [0.29, 0.717) is 13.0 Å². The lowest BCUT2D eigenvalue weighted by Gasteiger charge is -2.49. The lowest BCUT2D eigenvalue weighted by molar-refractivity contribution is -0.143. The second kappa shape index (κ2) is 6.83. The third-order valence-electron chi connectivity index (χ3n) is 5.11. The van der Waals surface area contributed by atoms with Crippen molar-refractivity contribution < 1.29 is 23.0 Å². The van der Waals surface area contributed by atoms with Gasteiger partial charge in [-0.05, 0) is 24.6 Å². The van der Waals surface area contributed by atoms with E-state index in [-0.39, 0.29) is 35.5 Å². The predicted octanol–water partition coefficient (Wildman–Crippen LogP) is 2.38. The van der Waals surface area contributed by atoms with E-state index in [4.69, 9.17) is 14.9 Å². The van der Waals surface area contributed by atoms with Crippen LogP contribution in [0.5, 0.6) is 11.5 Å². The van der Waals surface area contributed by atoms with Crippen LogP contribution in [-0.4, -0.2) is 42.0 Å². The van der Waals surface area contributed by atoms with Crippen LogP contribution in [0.25, 0.3) is 0 Å². The van der Waals surface area contributed by atoms with Gasteiger partial charge in [0.25, 0.3) is 0 Å². The van der Waals surface area contributed by atoms with Crippen molar-refractivity contribution in [2.24, 2.45) is 5.92 Å². The minimum Gasteiger partial charge on any atom is -0.456 e. The van der Waals surface area contributed by atoms with E-state index in [9.17, 15) is 13.6 Å². The van der Waals surface area contributed by atoms with Gasteiger partial charge in [-0.3, -0.25) is 20.1 Å². The van der Waals surface area contributed by atoms with Crippen molar-refractivity contribution >= 4 is 11.9 Å². The van der Waals surface area contributed by atoms with E-state index in [1.807, 2.05) is 0 Å². The first-order valence-electron chi connectivity index (χ1n) is 8.71. The van der Waals surface area contributed by atoms with Crippen LogP contribution < -0.4 is 10.1 Å². The molecule has 0 bridgehead atoms. The molecular weight excluding hydrogens is 370 g/mol. The van der Waals surface area contributed by atoms with Gasteiger partial charge in [-0.1, -0.05) is 0 Å². The Morgan fingerprint density at radius 1 is 1.32 bits per heavy atom. The summed E-state index contributed by atoms with van der Waals surface area (Å²) in [5.41, 5.74) is -1.06. The molecule has 2 aromatic rings. The summed E-state index contributed by atoms with van der Waals surface area (Å²) >= 11 is 0. The molecule has 2 aliphatic heterocycles. The molecule has 4 rings (SSSR count). The number of pyridine rings is 1. The number of aromatic nitrogens is 1. The van der Waals surface area contributed by atoms with Gasteiger partial charge in [0.05, 0.1) is 24.9 Å². The number of nitrogens with zero attached hydrogens (tertiary/aromatic N) is 2. The standard InChI is InChI=1S/C19H18F2N4O3/c1-25-17(26)14-4-5-27-10-19(14,24-18(25)22)15-7-12(2-3-16(15)21)28-13-6-11(20)8-23-9-13/h2-3,6-9,14H,4-5,10H2,1H3,(H2,22,24). The molecule has 0 spiro atoms. The highest BCUT2D eigenvalue weighted by atomic mass is 19.1. The number of hydrogen-bond acceptors (Lipinski definition) is 5. The number of hydrogen-bond donors (Lipinski definition) is 2. The summed E-state index contributed by atoms with van der Waals surface area (Å²) in [5, 5.41) is 11.0. The molecule has 2 atom stereocenters. The highest BCUT2D eigenvalue weighted by Crippen LogP contribution is 2.41. The van der Waals surface area contributed by atoms with E-state index in [1.165, 1.54) is 36.3 Å². The third-order valence-corrected chi connectivity index (χ3v) is 5.11. The topological polar surface area (TPSA) is 87.5 Å². The Kier molecular flexibility index (Phi) is 4.46. The zero-order valence-corrected chi connectivity index (χ0v) is 15.0. The van der Waals surface area contributed by atoms with Crippen molar-refractivity contribution in [2.75, 3.05) is 20.3 Å². The number of nitrogens with one attached hydrogen (secondary N) is 2. The van der Waals surface area contributed by atoms with Crippen LogP contribution in [0.15, 0.2) is 36.7 Å². The molecule has 2 aliphatic rings. The van der Waals surface area contributed by atoms with Crippen LogP contribution in [-0.2, 0) is 15.1 Å². The summed E-state index contributed by atoms with van der Waals surface area (Å²) in [6.07, 6.45) is 2.78. The number of ether oxygens (including phenoxy) is 2. The zero-order valence-electron chi connectivity index (χ0n) is 15.0. The Morgan fingerprint density at radius 2 is 2.14 bits per heavy atom. The quantitative estimate of drug-likeness (QED) is 0.843. The number of guanidine groups is 1. The molecule has 2 saturated heterocycles. The summed E-state index contributed by atoms with van der Waals surface area (Å²) < 4.78 is 39.4. The second-order valence-corrected chi connectivity index (χ2v) is 6.82. The largest absolute Gasteiger partial charge is 0.456 e. The number of amides is 1. The molecule has 1 amide bonds. The molecule has 9 heteroatoms. The van der Waals surface area contributed by atoms with Crippen molar-refractivity contribution in [3.8, 4) is 11.5 Å². The highest BCUT2D eigenvalue weighted by Gasteiger charge is 2.53. The molecule has 2 fully saturated rings. The molecular formula is C19H18F2N4O3. The molecule has 0 saturated carbocycles. The van der Waals surface area contributed by atoms with E-state index < -0.39 is 23.1 Å². The van der Waals surface area contributed by atoms with Gasteiger partial charge in [-0.15, -0.1) is 0 Å².